The molecule has 1 atom stereocenters. The first-order valence-corrected chi connectivity index (χ1v) is 8.69. The molecular formula is C19H27N3O2. The predicted octanol–water partition coefficient (Wildman–Crippen LogP) is 2.58. The highest BCUT2D eigenvalue weighted by Gasteiger charge is 2.22. The van der Waals surface area contributed by atoms with E-state index < -0.39 is 6.10 Å². The molecule has 0 saturated carbocycles. The van der Waals surface area contributed by atoms with E-state index in [1.54, 1.807) is 0 Å². The Morgan fingerprint density at radius 1 is 1.21 bits per heavy atom. The predicted molar refractivity (Wildman–Crippen MR) is 94.4 cm³/mol. The molecule has 3 rings (SSSR count). The van der Waals surface area contributed by atoms with Crippen LogP contribution in [0.4, 0.5) is 0 Å². The number of piperidine rings is 1. The topological polar surface area (TPSA) is 50.5 Å². The summed E-state index contributed by atoms with van der Waals surface area (Å²) in [5, 5.41) is 10.3. The van der Waals surface area contributed by atoms with Gasteiger partial charge in [0.1, 0.15) is 18.5 Å². The third-order valence-corrected chi connectivity index (χ3v) is 4.61. The molecule has 2 heterocycles. The highest BCUT2D eigenvalue weighted by Crippen LogP contribution is 2.22. The molecule has 2 aromatic rings. The van der Waals surface area contributed by atoms with Crippen molar-refractivity contribution in [3.8, 4) is 5.75 Å². The van der Waals surface area contributed by atoms with Crippen LogP contribution >= 0.6 is 0 Å². The van der Waals surface area contributed by atoms with Crippen LogP contribution in [0.2, 0.25) is 0 Å². The number of nitrogens with zero attached hydrogens (tertiary/aromatic N) is 3. The van der Waals surface area contributed by atoms with Crippen LogP contribution < -0.4 is 4.74 Å². The molecule has 0 aliphatic carbocycles. The monoisotopic (exact) mass is 329 g/mol. The summed E-state index contributed by atoms with van der Waals surface area (Å²) in [4.78, 5) is 6.45. The molecule has 1 aliphatic heterocycles. The van der Waals surface area contributed by atoms with Gasteiger partial charge in [0.25, 0.3) is 0 Å². The van der Waals surface area contributed by atoms with Gasteiger partial charge in [-0.05, 0) is 49.9 Å². The van der Waals surface area contributed by atoms with Crippen LogP contribution in [-0.2, 0) is 0 Å². The molecule has 0 spiro atoms. The fourth-order valence-corrected chi connectivity index (χ4v) is 3.44. The van der Waals surface area contributed by atoms with Gasteiger partial charge in [0.05, 0.1) is 6.33 Å². The lowest BCUT2D eigenvalue weighted by atomic mass is 10.0. The van der Waals surface area contributed by atoms with E-state index in [1.807, 2.05) is 30.9 Å². The average molecular weight is 329 g/mol. The summed E-state index contributed by atoms with van der Waals surface area (Å²) in [6.07, 6.45) is 7.50. The zero-order chi connectivity index (χ0) is 16.9. The molecule has 1 aromatic carbocycles. The van der Waals surface area contributed by atoms with Crippen molar-refractivity contribution in [3.05, 3.63) is 48.0 Å². The van der Waals surface area contributed by atoms with E-state index >= 15 is 0 Å². The molecule has 5 nitrogen and oxygen atoms in total. The fraction of sp³-hybridized carbons (Fsp3) is 0.526. The Morgan fingerprint density at radius 2 is 1.92 bits per heavy atom. The SMILES string of the molecule is Cc1cc(C)cc(OCC(O)CN2CCC(n3ccnc3)CC2)c1. The molecule has 24 heavy (non-hydrogen) atoms. The largest absolute Gasteiger partial charge is 0.491 e. The number of hydrogen-bond donors (Lipinski definition) is 1. The Morgan fingerprint density at radius 3 is 2.54 bits per heavy atom. The Bertz CT molecular complexity index is 614. The van der Waals surface area contributed by atoms with E-state index in [0.29, 0.717) is 19.2 Å². The molecule has 130 valence electrons. The second kappa shape index (κ2) is 7.81. The summed E-state index contributed by atoms with van der Waals surface area (Å²) in [7, 11) is 0. The van der Waals surface area contributed by atoms with Crippen LogP contribution in [-0.4, -0.2) is 51.9 Å². The van der Waals surface area contributed by atoms with Crippen molar-refractivity contribution >= 4 is 0 Å². The van der Waals surface area contributed by atoms with Crippen LogP contribution in [0.3, 0.4) is 0 Å². The van der Waals surface area contributed by atoms with Gasteiger partial charge >= 0.3 is 0 Å². The molecule has 0 amide bonds. The number of rotatable bonds is 6. The van der Waals surface area contributed by atoms with E-state index in [2.05, 4.69) is 34.4 Å². The molecule has 1 fully saturated rings. The van der Waals surface area contributed by atoms with Gasteiger partial charge in [-0.25, -0.2) is 4.98 Å². The number of aliphatic hydroxyl groups excluding tert-OH is 1. The summed E-state index contributed by atoms with van der Waals surface area (Å²) in [6, 6.07) is 6.67. The highest BCUT2D eigenvalue weighted by atomic mass is 16.5. The van der Waals surface area contributed by atoms with Gasteiger partial charge in [0, 0.05) is 38.1 Å². The Hall–Kier alpha value is -1.85. The number of imidazole rings is 1. The molecule has 1 aromatic heterocycles. The summed E-state index contributed by atoms with van der Waals surface area (Å²) in [5.74, 6) is 0.838. The first kappa shape index (κ1) is 17.0. The third-order valence-electron chi connectivity index (χ3n) is 4.61. The molecule has 0 bridgehead atoms. The van der Waals surface area contributed by atoms with Gasteiger partial charge in [-0.1, -0.05) is 6.07 Å². The Balaban J connectivity index is 1.42. The lowest BCUT2D eigenvalue weighted by molar-refractivity contribution is 0.0558. The first-order chi connectivity index (χ1) is 11.6. The minimum absolute atomic E-state index is 0.338. The van der Waals surface area contributed by atoms with Crippen molar-refractivity contribution in [2.24, 2.45) is 0 Å². The number of ether oxygens (including phenoxy) is 1. The average Bonchev–Trinajstić information content (AvgIpc) is 3.07. The first-order valence-electron chi connectivity index (χ1n) is 8.69. The minimum atomic E-state index is -0.462. The summed E-state index contributed by atoms with van der Waals surface area (Å²) in [5.41, 5.74) is 2.36. The molecular weight excluding hydrogens is 302 g/mol. The molecule has 5 heteroatoms. The summed E-state index contributed by atoms with van der Waals surface area (Å²) in [6.45, 7) is 7.13. The zero-order valence-corrected chi connectivity index (χ0v) is 14.6. The number of benzene rings is 1. The van der Waals surface area contributed by atoms with E-state index in [-0.39, 0.29) is 0 Å². The van der Waals surface area contributed by atoms with Crippen molar-refractivity contribution in [2.75, 3.05) is 26.2 Å². The lowest BCUT2D eigenvalue weighted by Gasteiger charge is -2.33. The van der Waals surface area contributed by atoms with Gasteiger partial charge in [-0.2, -0.15) is 0 Å². The number of likely N-dealkylation sites (tertiary alicyclic amines) is 1. The van der Waals surface area contributed by atoms with Crippen molar-refractivity contribution in [1.29, 1.82) is 0 Å². The molecule has 1 N–H and O–H groups in total. The van der Waals surface area contributed by atoms with Crippen LogP contribution in [0.25, 0.3) is 0 Å². The smallest absolute Gasteiger partial charge is 0.119 e. The van der Waals surface area contributed by atoms with E-state index in [0.717, 1.165) is 31.7 Å². The molecule has 1 saturated heterocycles. The van der Waals surface area contributed by atoms with Gasteiger partial charge in [-0.3, -0.25) is 0 Å². The maximum absolute atomic E-state index is 10.3. The van der Waals surface area contributed by atoms with E-state index in [4.69, 9.17) is 4.74 Å². The number of aliphatic hydroxyl groups is 1. The maximum atomic E-state index is 10.3. The van der Waals surface area contributed by atoms with Crippen LogP contribution in [0, 0.1) is 13.8 Å². The summed E-state index contributed by atoms with van der Waals surface area (Å²) >= 11 is 0. The zero-order valence-electron chi connectivity index (χ0n) is 14.6. The second-order valence-electron chi connectivity index (χ2n) is 6.83. The quantitative estimate of drug-likeness (QED) is 0.885. The maximum Gasteiger partial charge on any atom is 0.119 e. The van der Waals surface area contributed by atoms with Crippen molar-refractivity contribution in [1.82, 2.24) is 14.5 Å². The van der Waals surface area contributed by atoms with Crippen LogP contribution in [0.15, 0.2) is 36.9 Å². The second-order valence-corrected chi connectivity index (χ2v) is 6.83. The summed E-state index contributed by atoms with van der Waals surface area (Å²) < 4.78 is 7.95. The highest BCUT2D eigenvalue weighted by molar-refractivity contribution is 5.32. The van der Waals surface area contributed by atoms with Crippen LogP contribution in [0.1, 0.15) is 30.0 Å². The normalized spacial score (nSPS) is 17.8. The molecule has 0 radical (unpaired) electrons. The van der Waals surface area contributed by atoms with Crippen molar-refractivity contribution in [2.45, 2.75) is 38.8 Å². The Labute approximate surface area is 143 Å². The van der Waals surface area contributed by atoms with Crippen molar-refractivity contribution in [3.63, 3.8) is 0 Å². The number of β-amino-alcohol motifs (C(OH)–C–C–N with tert-alkyl or cyclic N) is 1. The lowest BCUT2D eigenvalue weighted by Crippen LogP contribution is -2.41. The molecule has 1 unspecified atom stereocenters. The van der Waals surface area contributed by atoms with Gasteiger partial charge in [-0.15, -0.1) is 0 Å². The van der Waals surface area contributed by atoms with Crippen LogP contribution in [0.5, 0.6) is 5.75 Å². The number of aromatic nitrogens is 2. The standard InChI is InChI=1S/C19H27N3O2/c1-15-9-16(2)11-19(10-15)24-13-18(23)12-21-6-3-17(4-7-21)22-8-5-20-14-22/h5,8-11,14,17-18,23H,3-4,6-7,12-13H2,1-2H3. The van der Waals surface area contributed by atoms with E-state index in [1.165, 1.54) is 11.1 Å². The molecule has 1 aliphatic rings. The number of aryl methyl sites for hydroxylation is 2. The van der Waals surface area contributed by atoms with Crippen molar-refractivity contribution < 1.29 is 9.84 Å². The minimum Gasteiger partial charge on any atom is -0.491 e. The van der Waals surface area contributed by atoms with E-state index in [9.17, 15) is 5.11 Å². The number of hydrogen-bond acceptors (Lipinski definition) is 4. The van der Waals surface area contributed by atoms with Gasteiger partial charge in [0.2, 0.25) is 0 Å². The van der Waals surface area contributed by atoms with Gasteiger partial charge in [0.15, 0.2) is 0 Å². The fourth-order valence-electron chi connectivity index (χ4n) is 3.44. The Kier molecular flexibility index (Phi) is 5.53. The van der Waals surface area contributed by atoms with Gasteiger partial charge < -0.3 is 19.3 Å². The third kappa shape index (κ3) is 4.58.